The molecule has 1 saturated carbocycles. The normalized spacial score (nSPS) is 30.5. The Labute approximate surface area is 124 Å². The van der Waals surface area contributed by atoms with Gasteiger partial charge in [0.2, 0.25) is 11.8 Å². The van der Waals surface area contributed by atoms with Gasteiger partial charge in [-0.3, -0.25) is 14.5 Å². The highest BCUT2D eigenvalue weighted by atomic mass is 16.2. The molecule has 2 bridgehead atoms. The zero-order valence-electron chi connectivity index (χ0n) is 12.0. The monoisotopic (exact) mass is 284 g/mol. The number of benzene rings is 1. The lowest BCUT2D eigenvalue weighted by atomic mass is 9.94. The number of para-hydroxylation sites is 1. The predicted molar refractivity (Wildman–Crippen MR) is 79.8 cm³/mol. The third-order valence-corrected chi connectivity index (χ3v) is 5.30. The summed E-state index contributed by atoms with van der Waals surface area (Å²) in [6, 6.07) is 8.32. The summed E-state index contributed by atoms with van der Waals surface area (Å²) in [6.07, 6.45) is 3.46. The zero-order valence-corrected chi connectivity index (χ0v) is 12.0. The molecule has 1 aromatic carbocycles. The minimum absolute atomic E-state index is 0.0768. The first-order valence-corrected chi connectivity index (χ1v) is 7.92. The van der Waals surface area contributed by atoms with Crippen molar-refractivity contribution in [2.45, 2.75) is 31.6 Å². The Bertz CT molecular complexity index is 576. The molecule has 0 radical (unpaired) electrons. The molecule has 3 unspecified atom stereocenters. The van der Waals surface area contributed by atoms with Crippen molar-refractivity contribution in [3.05, 3.63) is 29.8 Å². The summed E-state index contributed by atoms with van der Waals surface area (Å²) in [5, 5.41) is 3.40. The summed E-state index contributed by atoms with van der Waals surface area (Å²) in [6.45, 7) is 1.48. The van der Waals surface area contributed by atoms with E-state index in [9.17, 15) is 9.59 Å². The van der Waals surface area contributed by atoms with Gasteiger partial charge < -0.3 is 5.32 Å². The number of amides is 2. The molecule has 2 aliphatic heterocycles. The maximum absolute atomic E-state index is 12.3. The van der Waals surface area contributed by atoms with E-state index in [1.54, 1.807) is 4.90 Å². The fraction of sp³-hybridized carbons (Fsp3) is 0.529. The fourth-order valence-electron chi connectivity index (χ4n) is 4.10. The number of fused-ring (bicyclic) bond motifs is 3. The van der Waals surface area contributed by atoms with Crippen molar-refractivity contribution in [2.24, 2.45) is 11.8 Å². The Morgan fingerprint density at radius 3 is 2.57 bits per heavy atom. The number of likely N-dealkylation sites (tertiary alicyclic amines) is 1. The largest absolute Gasteiger partial charge is 0.384 e. The molecule has 2 amide bonds. The second-order valence-electron chi connectivity index (χ2n) is 6.49. The van der Waals surface area contributed by atoms with E-state index in [-0.39, 0.29) is 23.7 Å². The van der Waals surface area contributed by atoms with Crippen LogP contribution in [0.2, 0.25) is 0 Å². The number of carbonyl (C=O) groups is 2. The Kier molecular flexibility index (Phi) is 2.98. The van der Waals surface area contributed by atoms with Crippen LogP contribution in [-0.2, 0) is 9.59 Å². The Balaban J connectivity index is 1.46. The number of nitrogens with one attached hydrogen (secondary N) is 1. The molecule has 4 heteroatoms. The second-order valence-corrected chi connectivity index (χ2v) is 6.49. The number of rotatable bonds is 3. The lowest BCUT2D eigenvalue weighted by molar-refractivity contribution is -0.152. The van der Waals surface area contributed by atoms with E-state index in [4.69, 9.17) is 0 Å². The quantitative estimate of drug-likeness (QED) is 0.867. The summed E-state index contributed by atoms with van der Waals surface area (Å²) in [5.74, 6) is 0.783. The number of nitrogens with zero attached hydrogens (tertiary/aromatic N) is 1. The van der Waals surface area contributed by atoms with Crippen LogP contribution in [0.15, 0.2) is 24.3 Å². The standard InChI is InChI=1S/C17H20N2O2/c20-16-11-5-6-12(9-11)17(21)19(16)8-7-13-10-18-15-4-2-1-3-14(13)15/h1-4,11-13,18H,5-10H2. The molecule has 21 heavy (non-hydrogen) atoms. The van der Waals surface area contributed by atoms with Crippen molar-refractivity contribution < 1.29 is 9.59 Å². The van der Waals surface area contributed by atoms with Gasteiger partial charge in [0, 0.05) is 36.5 Å². The summed E-state index contributed by atoms with van der Waals surface area (Å²) >= 11 is 0. The lowest BCUT2D eigenvalue weighted by Crippen LogP contribution is -2.46. The topological polar surface area (TPSA) is 49.4 Å². The van der Waals surface area contributed by atoms with Crippen LogP contribution in [0.1, 0.15) is 37.2 Å². The molecule has 3 aliphatic rings. The third-order valence-electron chi connectivity index (χ3n) is 5.30. The van der Waals surface area contributed by atoms with Gasteiger partial charge in [-0.1, -0.05) is 18.2 Å². The van der Waals surface area contributed by atoms with Crippen LogP contribution in [0.3, 0.4) is 0 Å². The van der Waals surface area contributed by atoms with E-state index >= 15 is 0 Å². The molecule has 1 N–H and O–H groups in total. The van der Waals surface area contributed by atoms with Crippen LogP contribution in [0, 0.1) is 11.8 Å². The lowest BCUT2D eigenvalue weighted by Gasteiger charge is -2.30. The average molecular weight is 284 g/mol. The first-order valence-electron chi connectivity index (χ1n) is 7.92. The van der Waals surface area contributed by atoms with Gasteiger partial charge in [-0.15, -0.1) is 0 Å². The van der Waals surface area contributed by atoms with Crippen LogP contribution in [0.4, 0.5) is 5.69 Å². The first kappa shape index (κ1) is 12.9. The zero-order chi connectivity index (χ0) is 14.4. The van der Waals surface area contributed by atoms with Gasteiger partial charge in [0.15, 0.2) is 0 Å². The van der Waals surface area contributed by atoms with Crippen molar-refractivity contribution in [3.8, 4) is 0 Å². The molecular weight excluding hydrogens is 264 g/mol. The highest BCUT2D eigenvalue weighted by molar-refractivity contribution is 6.00. The van der Waals surface area contributed by atoms with Gasteiger partial charge in [-0.05, 0) is 37.3 Å². The van der Waals surface area contributed by atoms with E-state index in [1.165, 1.54) is 11.3 Å². The van der Waals surface area contributed by atoms with Crippen molar-refractivity contribution in [1.29, 1.82) is 0 Å². The molecule has 4 rings (SSSR count). The Hall–Kier alpha value is -1.84. The number of piperidine rings is 1. The second kappa shape index (κ2) is 4.86. The van der Waals surface area contributed by atoms with Crippen LogP contribution in [0.5, 0.6) is 0 Å². The minimum atomic E-state index is 0.0768. The number of anilines is 1. The number of imide groups is 1. The van der Waals surface area contributed by atoms with Crippen LogP contribution in [-0.4, -0.2) is 29.8 Å². The van der Waals surface area contributed by atoms with Crippen LogP contribution in [0.25, 0.3) is 0 Å². The average Bonchev–Trinajstić information content (AvgIpc) is 3.11. The summed E-state index contributed by atoms with van der Waals surface area (Å²) < 4.78 is 0. The van der Waals surface area contributed by atoms with Crippen molar-refractivity contribution in [3.63, 3.8) is 0 Å². The maximum Gasteiger partial charge on any atom is 0.232 e. The van der Waals surface area contributed by atoms with E-state index < -0.39 is 0 Å². The summed E-state index contributed by atoms with van der Waals surface area (Å²) in [7, 11) is 0. The molecule has 3 atom stereocenters. The van der Waals surface area contributed by atoms with Gasteiger partial charge in [0.1, 0.15) is 0 Å². The Morgan fingerprint density at radius 1 is 1.10 bits per heavy atom. The molecule has 1 aromatic rings. The van der Waals surface area contributed by atoms with E-state index in [0.29, 0.717) is 12.5 Å². The minimum Gasteiger partial charge on any atom is -0.384 e. The molecule has 110 valence electrons. The summed E-state index contributed by atoms with van der Waals surface area (Å²) in [5.41, 5.74) is 2.51. The van der Waals surface area contributed by atoms with Gasteiger partial charge in [-0.2, -0.15) is 0 Å². The summed E-state index contributed by atoms with van der Waals surface area (Å²) in [4.78, 5) is 26.2. The van der Waals surface area contributed by atoms with Crippen molar-refractivity contribution in [2.75, 3.05) is 18.4 Å². The molecular formula is C17H20N2O2. The number of hydrogen-bond donors (Lipinski definition) is 1. The number of hydrogen-bond acceptors (Lipinski definition) is 3. The molecule has 1 aliphatic carbocycles. The van der Waals surface area contributed by atoms with Crippen LogP contribution < -0.4 is 5.32 Å². The highest BCUT2D eigenvalue weighted by Gasteiger charge is 2.45. The smallest absolute Gasteiger partial charge is 0.232 e. The maximum atomic E-state index is 12.3. The van der Waals surface area contributed by atoms with E-state index in [0.717, 1.165) is 32.2 Å². The SMILES string of the molecule is O=C1C2CCC(C2)C(=O)N1CCC1CNc2ccccc21. The predicted octanol–water partition coefficient (Wildman–Crippen LogP) is 2.37. The Morgan fingerprint density at radius 2 is 1.81 bits per heavy atom. The highest BCUT2D eigenvalue weighted by Crippen LogP contribution is 2.39. The van der Waals surface area contributed by atoms with Gasteiger partial charge in [-0.25, -0.2) is 0 Å². The van der Waals surface area contributed by atoms with Gasteiger partial charge in [0.05, 0.1) is 0 Å². The first-order chi connectivity index (χ1) is 10.2. The van der Waals surface area contributed by atoms with Crippen LogP contribution >= 0.6 is 0 Å². The van der Waals surface area contributed by atoms with E-state index in [1.807, 2.05) is 6.07 Å². The molecule has 2 fully saturated rings. The molecule has 2 heterocycles. The van der Waals surface area contributed by atoms with Crippen molar-refractivity contribution >= 4 is 17.5 Å². The van der Waals surface area contributed by atoms with Gasteiger partial charge in [0.25, 0.3) is 0 Å². The molecule has 1 saturated heterocycles. The van der Waals surface area contributed by atoms with Crippen molar-refractivity contribution in [1.82, 2.24) is 4.90 Å². The molecule has 0 spiro atoms. The molecule has 0 aromatic heterocycles. The van der Waals surface area contributed by atoms with Gasteiger partial charge >= 0.3 is 0 Å². The number of carbonyl (C=O) groups excluding carboxylic acids is 2. The third kappa shape index (κ3) is 2.04. The molecule has 4 nitrogen and oxygen atoms in total. The van der Waals surface area contributed by atoms with E-state index in [2.05, 4.69) is 23.5 Å². The fourth-order valence-corrected chi connectivity index (χ4v) is 4.10.